The van der Waals surface area contributed by atoms with E-state index in [0.29, 0.717) is 11.4 Å². The van der Waals surface area contributed by atoms with Gasteiger partial charge in [0.1, 0.15) is 5.75 Å². The fraction of sp³-hybridized carbons (Fsp3) is 0.222. The summed E-state index contributed by atoms with van der Waals surface area (Å²) < 4.78 is 4.81. The lowest BCUT2D eigenvalue weighted by Crippen LogP contribution is -2.17. The summed E-state index contributed by atoms with van der Waals surface area (Å²) in [6.45, 7) is 3.61. The molecule has 0 bridgehead atoms. The van der Waals surface area contributed by atoms with E-state index >= 15 is 0 Å². The van der Waals surface area contributed by atoms with Crippen LogP contribution >= 0.6 is 0 Å². The Balaban J connectivity index is 3.13. The van der Waals surface area contributed by atoms with E-state index in [1.165, 1.54) is 0 Å². The minimum atomic E-state index is -0.809. The molecule has 0 saturated carbocycles. The van der Waals surface area contributed by atoms with E-state index in [1.54, 1.807) is 12.1 Å². The summed E-state index contributed by atoms with van der Waals surface area (Å²) in [7, 11) is 0. The van der Waals surface area contributed by atoms with Crippen LogP contribution in [0.4, 0.5) is 10.5 Å². The number of ether oxygens (including phenoxy) is 1. The molecule has 0 aromatic heterocycles. The molecule has 0 saturated heterocycles. The van der Waals surface area contributed by atoms with Gasteiger partial charge in [0.2, 0.25) is 0 Å². The van der Waals surface area contributed by atoms with Crippen molar-refractivity contribution in [2.24, 2.45) is 5.73 Å². The number of amides is 1. The van der Waals surface area contributed by atoms with E-state index in [2.05, 4.69) is 0 Å². The number of hydrogen-bond acceptors (Lipinski definition) is 3. The van der Waals surface area contributed by atoms with E-state index in [4.69, 9.17) is 16.2 Å². The predicted molar refractivity (Wildman–Crippen MR) is 50.5 cm³/mol. The molecule has 4 heteroatoms. The van der Waals surface area contributed by atoms with Crippen molar-refractivity contribution < 1.29 is 9.53 Å². The van der Waals surface area contributed by atoms with Gasteiger partial charge in [-0.3, -0.25) is 0 Å². The van der Waals surface area contributed by atoms with Gasteiger partial charge >= 0.3 is 6.09 Å². The number of anilines is 1. The number of rotatable bonds is 1. The predicted octanol–water partition coefficient (Wildman–Crippen LogP) is 1.34. The third-order valence-corrected chi connectivity index (χ3v) is 1.69. The second kappa shape index (κ2) is 3.35. The average molecular weight is 180 g/mol. The standard InChI is InChI=1S/C9H12N2O2/c1-5-3-7(10)4-6(2)8(5)13-9(11)12/h3-4H,10H2,1-2H3,(H2,11,12). The summed E-state index contributed by atoms with van der Waals surface area (Å²) in [5.74, 6) is 0.488. The van der Waals surface area contributed by atoms with Gasteiger partial charge in [0.15, 0.2) is 0 Å². The molecule has 0 fully saturated rings. The topological polar surface area (TPSA) is 78.3 Å². The normalized spacial score (nSPS) is 9.69. The highest BCUT2D eigenvalue weighted by Crippen LogP contribution is 2.25. The summed E-state index contributed by atoms with van der Waals surface area (Å²) in [5.41, 5.74) is 12.7. The number of primary amides is 1. The van der Waals surface area contributed by atoms with Crippen molar-refractivity contribution in [3.8, 4) is 5.75 Å². The molecule has 0 unspecified atom stereocenters. The van der Waals surface area contributed by atoms with Crippen molar-refractivity contribution >= 4 is 11.8 Å². The molecule has 0 heterocycles. The molecule has 0 radical (unpaired) electrons. The third kappa shape index (κ3) is 2.11. The first kappa shape index (κ1) is 9.38. The molecular formula is C9H12N2O2. The zero-order chi connectivity index (χ0) is 10.0. The highest BCUT2D eigenvalue weighted by Gasteiger charge is 2.07. The maximum atomic E-state index is 10.5. The molecule has 4 nitrogen and oxygen atoms in total. The smallest absolute Gasteiger partial charge is 0.409 e. The lowest BCUT2D eigenvalue weighted by Gasteiger charge is -2.09. The van der Waals surface area contributed by atoms with Crippen molar-refractivity contribution in [3.05, 3.63) is 23.3 Å². The zero-order valence-corrected chi connectivity index (χ0v) is 7.63. The highest BCUT2D eigenvalue weighted by molar-refractivity contribution is 5.70. The van der Waals surface area contributed by atoms with Crippen LogP contribution in [-0.4, -0.2) is 6.09 Å². The molecule has 4 N–H and O–H groups in total. The maximum absolute atomic E-state index is 10.5. The fourth-order valence-electron chi connectivity index (χ4n) is 1.25. The lowest BCUT2D eigenvalue weighted by molar-refractivity contribution is 0.210. The average Bonchev–Trinajstić information content (AvgIpc) is 1.96. The van der Waals surface area contributed by atoms with Crippen LogP contribution in [-0.2, 0) is 0 Å². The summed E-state index contributed by atoms with van der Waals surface area (Å²) in [5, 5.41) is 0. The van der Waals surface area contributed by atoms with Gasteiger partial charge in [-0.25, -0.2) is 4.79 Å². The molecule has 13 heavy (non-hydrogen) atoms. The molecule has 0 atom stereocenters. The molecule has 1 aromatic carbocycles. The Morgan fingerprint density at radius 3 is 2.15 bits per heavy atom. The first-order valence-corrected chi connectivity index (χ1v) is 3.84. The van der Waals surface area contributed by atoms with Gasteiger partial charge in [0, 0.05) is 5.69 Å². The first-order valence-electron chi connectivity index (χ1n) is 3.84. The Morgan fingerprint density at radius 2 is 1.77 bits per heavy atom. The monoisotopic (exact) mass is 180 g/mol. The summed E-state index contributed by atoms with van der Waals surface area (Å²) in [6, 6.07) is 3.45. The number of nitrogens with two attached hydrogens (primary N) is 2. The van der Waals surface area contributed by atoms with Crippen LogP contribution in [0.25, 0.3) is 0 Å². The second-order valence-corrected chi connectivity index (χ2v) is 2.90. The molecule has 0 aliphatic carbocycles. The van der Waals surface area contributed by atoms with E-state index in [1.807, 2.05) is 13.8 Å². The van der Waals surface area contributed by atoms with Crippen molar-refractivity contribution in [2.45, 2.75) is 13.8 Å². The van der Waals surface area contributed by atoms with Crippen LogP contribution in [0.15, 0.2) is 12.1 Å². The van der Waals surface area contributed by atoms with Gasteiger partial charge in [-0.1, -0.05) is 0 Å². The van der Waals surface area contributed by atoms with E-state index < -0.39 is 6.09 Å². The summed E-state index contributed by atoms with van der Waals surface area (Å²) in [4.78, 5) is 10.5. The molecule has 1 rings (SSSR count). The summed E-state index contributed by atoms with van der Waals surface area (Å²) in [6.07, 6.45) is -0.809. The minimum Gasteiger partial charge on any atom is -0.410 e. The van der Waals surface area contributed by atoms with E-state index in [-0.39, 0.29) is 0 Å². The van der Waals surface area contributed by atoms with Crippen molar-refractivity contribution in [1.82, 2.24) is 0 Å². The molecule has 0 aliphatic rings. The Kier molecular flexibility index (Phi) is 2.41. The van der Waals surface area contributed by atoms with Gasteiger partial charge in [0.25, 0.3) is 0 Å². The van der Waals surface area contributed by atoms with Crippen LogP contribution in [0, 0.1) is 13.8 Å². The number of carbonyl (C=O) groups is 1. The van der Waals surface area contributed by atoms with Crippen molar-refractivity contribution in [2.75, 3.05) is 5.73 Å². The van der Waals surface area contributed by atoms with Gasteiger partial charge in [0.05, 0.1) is 0 Å². The Hall–Kier alpha value is -1.71. The number of nitrogen functional groups attached to an aromatic ring is 1. The van der Waals surface area contributed by atoms with Crippen LogP contribution in [0.3, 0.4) is 0 Å². The van der Waals surface area contributed by atoms with Crippen molar-refractivity contribution in [1.29, 1.82) is 0 Å². The van der Waals surface area contributed by atoms with E-state index in [0.717, 1.165) is 11.1 Å². The number of hydrogen-bond donors (Lipinski definition) is 2. The molecule has 0 spiro atoms. The quantitative estimate of drug-likeness (QED) is 0.640. The number of carbonyl (C=O) groups excluding carboxylic acids is 1. The van der Waals surface area contributed by atoms with Gasteiger partial charge in [-0.15, -0.1) is 0 Å². The Bertz CT molecular complexity index is 324. The zero-order valence-electron chi connectivity index (χ0n) is 7.63. The van der Waals surface area contributed by atoms with Crippen LogP contribution in [0.1, 0.15) is 11.1 Å². The number of aryl methyl sites for hydroxylation is 2. The fourth-order valence-corrected chi connectivity index (χ4v) is 1.25. The Morgan fingerprint density at radius 1 is 1.31 bits per heavy atom. The second-order valence-electron chi connectivity index (χ2n) is 2.90. The summed E-state index contributed by atoms with van der Waals surface area (Å²) >= 11 is 0. The molecular weight excluding hydrogens is 168 g/mol. The molecule has 1 amide bonds. The lowest BCUT2D eigenvalue weighted by atomic mass is 10.1. The molecule has 70 valence electrons. The van der Waals surface area contributed by atoms with Gasteiger partial charge in [-0.05, 0) is 37.1 Å². The van der Waals surface area contributed by atoms with Gasteiger partial charge < -0.3 is 16.2 Å². The van der Waals surface area contributed by atoms with Crippen molar-refractivity contribution in [3.63, 3.8) is 0 Å². The van der Waals surface area contributed by atoms with Crippen LogP contribution in [0.5, 0.6) is 5.75 Å². The van der Waals surface area contributed by atoms with E-state index in [9.17, 15) is 4.79 Å². The Labute approximate surface area is 76.5 Å². The maximum Gasteiger partial charge on any atom is 0.409 e. The first-order chi connectivity index (χ1) is 6.00. The number of benzene rings is 1. The highest BCUT2D eigenvalue weighted by atomic mass is 16.5. The van der Waals surface area contributed by atoms with Crippen LogP contribution in [0.2, 0.25) is 0 Å². The molecule has 0 aliphatic heterocycles. The SMILES string of the molecule is Cc1cc(N)cc(C)c1OC(N)=O. The molecule has 1 aromatic rings. The minimum absolute atomic E-state index is 0.488. The largest absolute Gasteiger partial charge is 0.410 e. The van der Waals surface area contributed by atoms with Crippen LogP contribution < -0.4 is 16.2 Å². The third-order valence-electron chi connectivity index (χ3n) is 1.69. The van der Waals surface area contributed by atoms with Gasteiger partial charge in [-0.2, -0.15) is 0 Å².